The molecule has 2 rings (SSSR count). The van der Waals surface area contributed by atoms with Crippen LogP contribution >= 0.6 is 38.6 Å². The summed E-state index contributed by atoms with van der Waals surface area (Å²) in [6.45, 7) is 7.66. The Kier molecular flexibility index (Phi) is 23.1. The van der Waals surface area contributed by atoms with Crippen LogP contribution in [0.4, 0.5) is 0 Å². The molecule has 0 aliphatic carbocycles. The van der Waals surface area contributed by atoms with E-state index in [9.17, 15) is 20.4 Å². The maximum Gasteiger partial charge on any atom is 0.157 e. The third-order valence-corrected chi connectivity index (χ3v) is 8.87. The van der Waals surface area contributed by atoms with Crippen molar-refractivity contribution >= 4 is 38.6 Å². The Bertz CT molecular complexity index is 857. The lowest BCUT2D eigenvalue weighted by atomic mass is 10.1. The van der Waals surface area contributed by atoms with E-state index in [1.165, 1.54) is 50.7 Å². The summed E-state index contributed by atoms with van der Waals surface area (Å²) < 4.78 is 0. The van der Waals surface area contributed by atoms with Gasteiger partial charge in [-0.3, -0.25) is 0 Å². The van der Waals surface area contributed by atoms with Gasteiger partial charge in [-0.05, 0) is 87.3 Å². The largest absolute Gasteiger partial charge is 0.504 e. The van der Waals surface area contributed by atoms with E-state index in [1.807, 2.05) is 33.7 Å². The average Bonchev–Trinajstić information content (AvgIpc) is 2.94. The molecule has 0 radical (unpaired) electrons. The van der Waals surface area contributed by atoms with Crippen molar-refractivity contribution in [2.24, 2.45) is 0 Å². The molecule has 0 bridgehead atoms. The second-order valence-electron chi connectivity index (χ2n) is 9.97. The molecule has 8 N–H and O–H groups in total. The zero-order chi connectivity index (χ0) is 28.7. The van der Waals surface area contributed by atoms with Crippen molar-refractivity contribution in [1.82, 2.24) is 21.3 Å². The highest BCUT2D eigenvalue weighted by atomic mass is 79.9. The molecule has 0 heterocycles. The van der Waals surface area contributed by atoms with Gasteiger partial charge in [0.1, 0.15) is 0 Å². The molecule has 0 spiro atoms. The van der Waals surface area contributed by atoms with Crippen molar-refractivity contribution in [3.8, 4) is 23.0 Å². The van der Waals surface area contributed by atoms with Gasteiger partial charge >= 0.3 is 0 Å². The molecule has 8 nitrogen and oxygen atoms in total. The molecule has 0 amide bonds. The number of halogens is 1. The van der Waals surface area contributed by atoms with Crippen molar-refractivity contribution in [2.45, 2.75) is 64.5 Å². The van der Waals surface area contributed by atoms with E-state index in [1.54, 1.807) is 12.1 Å². The molecular weight excluding hydrogens is 624 g/mol. The molecule has 0 saturated carbocycles. The number of unbranched alkanes of at least 4 members (excludes halogenated alkanes) is 6. The number of rotatable bonds is 25. The third-order valence-electron chi connectivity index (χ3n) is 6.46. The highest BCUT2D eigenvalue weighted by molar-refractivity contribution is 8.93. The summed E-state index contributed by atoms with van der Waals surface area (Å²) in [5.41, 5.74) is 1.96. The second kappa shape index (κ2) is 25.2. The Balaban J connectivity index is 0.00000840. The van der Waals surface area contributed by atoms with Crippen LogP contribution in [-0.2, 0) is 13.1 Å². The van der Waals surface area contributed by atoms with Gasteiger partial charge in [-0.1, -0.05) is 59.4 Å². The van der Waals surface area contributed by atoms with Gasteiger partial charge in [-0.15, -0.1) is 17.0 Å². The molecule has 2 aromatic rings. The van der Waals surface area contributed by atoms with Gasteiger partial charge in [0.05, 0.1) is 0 Å². The van der Waals surface area contributed by atoms with Crippen molar-refractivity contribution in [1.29, 1.82) is 0 Å². The minimum absolute atomic E-state index is 0. The lowest BCUT2D eigenvalue weighted by molar-refractivity contribution is 0.403. The van der Waals surface area contributed by atoms with Gasteiger partial charge in [-0.25, -0.2) is 0 Å². The van der Waals surface area contributed by atoms with E-state index < -0.39 is 0 Å². The lowest BCUT2D eigenvalue weighted by Crippen LogP contribution is -2.19. The highest BCUT2D eigenvalue weighted by Gasteiger charge is 2.01. The summed E-state index contributed by atoms with van der Waals surface area (Å²) in [5, 5.41) is 51.6. The van der Waals surface area contributed by atoms with Gasteiger partial charge in [0.2, 0.25) is 0 Å². The molecule has 0 saturated heterocycles. The summed E-state index contributed by atoms with van der Waals surface area (Å²) in [6, 6.07) is 9.90. The third kappa shape index (κ3) is 19.5. The summed E-state index contributed by atoms with van der Waals surface area (Å²) in [5.74, 6) is 2.01. The Labute approximate surface area is 265 Å². The van der Waals surface area contributed by atoms with Crippen LogP contribution in [0, 0.1) is 0 Å². The first-order valence-corrected chi connectivity index (χ1v) is 17.1. The van der Waals surface area contributed by atoms with Gasteiger partial charge < -0.3 is 41.7 Å². The molecule has 0 atom stereocenters. The first-order chi connectivity index (χ1) is 19.6. The summed E-state index contributed by atoms with van der Waals surface area (Å²) in [6.07, 6.45) is 9.66. The zero-order valence-electron chi connectivity index (χ0n) is 24.2. The normalized spacial score (nSPS) is 11.0. The standard InChI is InChI=1S/C30H50N4O4S2.BrH/c35-27-11-9-25(21-29(27)37)23-33-15-7-3-1-5-13-31-17-19-39-40-20-18-32-14-6-2-4-8-16-34-24-26-10-12-28(36)30(38)22-26;/h9-12,21-22,31-38H,1-8,13-20,23-24H2;1H. The van der Waals surface area contributed by atoms with Gasteiger partial charge in [0.25, 0.3) is 0 Å². The molecule has 0 unspecified atom stereocenters. The van der Waals surface area contributed by atoms with Crippen LogP contribution in [0.5, 0.6) is 23.0 Å². The smallest absolute Gasteiger partial charge is 0.157 e. The first kappa shape index (κ1) is 37.7. The predicted octanol–water partition coefficient (Wildman–Crippen LogP) is 5.65. The molecular formula is C30H51BrN4O4S2. The van der Waals surface area contributed by atoms with Crippen molar-refractivity contribution in [3.05, 3.63) is 47.5 Å². The van der Waals surface area contributed by atoms with Gasteiger partial charge in [0, 0.05) is 37.7 Å². The van der Waals surface area contributed by atoms with Crippen LogP contribution in [0.1, 0.15) is 62.5 Å². The van der Waals surface area contributed by atoms with Crippen molar-refractivity contribution in [2.75, 3.05) is 50.8 Å². The Morgan fingerprint density at radius 3 is 1.17 bits per heavy atom. The second-order valence-corrected chi connectivity index (χ2v) is 12.7. The number of hydrogen-bond donors (Lipinski definition) is 8. The van der Waals surface area contributed by atoms with E-state index in [2.05, 4.69) is 21.3 Å². The molecule has 0 aliphatic rings. The van der Waals surface area contributed by atoms with Crippen molar-refractivity contribution in [3.63, 3.8) is 0 Å². The number of aromatic hydroxyl groups is 4. The van der Waals surface area contributed by atoms with E-state index >= 15 is 0 Å². The molecule has 0 aliphatic heterocycles. The van der Waals surface area contributed by atoms with Crippen LogP contribution in [0.2, 0.25) is 0 Å². The number of hydrogen-bond acceptors (Lipinski definition) is 10. The molecule has 234 valence electrons. The Morgan fingerprint density at radius 2 is 0.805 bits per heavy atom. The van der Waals surface area contributed by atoms with Gasteiger partial charge in [-0.2, -0.15) is 0 Å². The molecule has 0 fully saturated rings. The monoisotopic (exact) mass is 674 g/mol. The molecule has 11 heteroatoms. The number of phenolic OH excluding ortho intramolecular Hbond substituents is 4. The van der Waals surface area contributed by atoms with E-state index in [0.29, 0.717) is 13.1 Å². The summed E-state index contributed by atoms with van der Waals surface area (Å²) in [4.78, 5) is 0. The summed E-state index contributed by atoms with van der Waals surface area (Å²) >= 11 is 0. The predicted molar refractivity (Wildman–Crippen MR) is 181 cm³/mol. The lowest BCUT2D eigenvalue weighted by Gasteiger charge is -2.07. The fraction of sp³-hybridized carbons (Fsp3) is 0.600. The molecule has 2 aromatic carbocycles. The molecule has 41 heavy (non-hydrogen) atoms. The Morgan fingerprint density at radius 1 is 0.439 bits per heavy atom. The first-order valence-electron chi connectivity index (χ1n) is 14.7. The maximum absolute atomic E-state index is 9.52. The van der Waals surface area contributed by atoms with Crippen LogP contribution < -0.4 is 21.3 Å². The quantitative estimate of drug-likeness (QED) is 0.0380. The van der Waals surface area contributed by atoms with Crippen LogP contribution in [0.25, 0.3) is 0 Å². The topological polar surface area (TPSA) is 129 Å². The summed E-state index contributed by atoms with van der Waals surface area (Å²) in [7, 11) is 3.91. The van der Waals surface area contributed by atoms with Crippen LogP contribution in [-0.4, -0.2) is 71.2 Å². The van der Waals surface area contributed by atoms with E-state index in [0.717, 1.165) is 74.7 Å². The zero-order valence-corrected chi connectivity index (χ0v) is 27.6. The molecule has 0 aromatic heterocycles. The fourth-order valence-electron chi connectivity index (χ4n) is 4.13. The van der Waals surface area contributed by atoms with Crippen LogP contribution in [0.15, 0.2) is 36.4 Å². The van der Waals surface area contributed by atoms with E-state index in [-0.39, 0.29) is 40.0 Å². The SMILES string of the molecule is Br.Oc1ccc(CNCCCCCCNCCSSCCNCCCCCCNCc2ccc(O)c(O)c2)cc1O. The number of benzene rings is 2. The van der Waals surface area contributed by atoms with E-state index in [4.69, 9.17) is 0 Å². The highest BCUT2D eigenvalue weighted by Crippen LogP contribution is 2.25. The fourth-order valence-corrected chi connectivity index (χ4v) is 6.02. The number of phenols is 4. The number of nitrogens with one attached hydrogen (secondary N) is 4. The van der Waals surface area contributed by atoms with Gasteiger partial charge in [0.15, 0.2) is 23.0 Å². The minimum atomic E-state index is -0.0738. The van der Waals surface area contributed by atoms with Crippen LogP contribution in [0.3, 0.4) is 0 Å². The Hall–Kier alpha value is -1.34. The van der Waals surface area contributed by atoms with Crippen molar-refractivity contribution < 1.29 is 20.4 Å². The average molecular weight is 676 g/mol. The maximum atomic E-state index is 9.52. The minimum Gasteiger partial charge on any atom is -0.504 e.